The predicted molar refractivity (Wildman–Crippen MR) is 75.3 cm³/mol. The molecule has 4 heteroatoms. The van der Waals surface area contributed by atoms with Crippen LogP contribution in [0, 0.1) is 0 Å². The molecule has 0 radical (unpaired) electrons. The van der Waals surface area contributed by atoms with Gasteiger partial charge in [-0.15, -0.1) is 0 Å². The SMILES string of the molecule is CC(C)(C)c1cc(B(O)O)cc(C(C)(C)C)c1O. The third-order valence-electron chi connectivity index (χ3n) is 3.05. The van der Waals surface area contributed by atoms with E-state index in [9.17, 15) is 15.2 Å². The molecule has 1 rings (SSSR count). The van der Waals surface area contributed by atoms with E-state index in [2.05, 4.69) is 0 Å². The Kier molecular flexibility index (Phi) is 3.85. The highest BCUT2D eigenvalue weighted by atomic mass is 16.4. The Morgan fingerprint density at radius 3 is 1.39 bits per heavy atom. The van der Waals surface area contributed by atoms with Gasteiger partial charge in [0, 0.05) is 0 Å². The quantitative estimate of drug-likeness (QED) is 0.664. The van der Waals surface area contributed by atoms with Crippen LogP contribution in [0.25, 0.3) is 0 Å². The molecule has 0 spiro atoms. The van der Waals surface area contributed by atoms with Gasteiger partial charge in [-0.3, -0.25) is 0 Å². The fourth-order valence-electron chi connectivity index (χ4n) is 1.95. The number of hydrogen-bond acceptors (Lipinski definition) is 3. The van der Waals surface area contributed by atoms with Crippen molar-refractivity contribution < 1.29 is 15.2 Å². The van der Waals surface area contributed by atoms with Gasteiger partial charge >= 0.3 is 7.12 Å². The molecule has 3 nitrogen and oxygen atoms in total. The zero-order valence-electron chi connectivity index (χ0n) is 12.1. The van der Waals surface area contributed by atoms with Crippen LogP contribution in [0.1, 0.15) is 52.7 Å². The lowest BCUT2D eigenvalue weighted by Gasteiger charge is -2.28. The maximum atomic E-state index is 10.4. The average Bonchev–Trinajstić information content (AvgIpc) is 2.13. The Labute approximate surface area is 110 Å². The Hall–Kier alpha value is -0.995. The molecule has 3 N–H and O–H groups in total. The van der Waals surface area contributed by atoms with Crippen LogP contribution in [0.3, 0.4) is 0 Å². The van der Waals surface area contributed by atoms with E-state index in [1.54, 1.807) is 12.1 Å². The number of aromatic hydroxyl groups is 1. The van der Waals surface area contributed by atoms with Crippen LogP contribution in [0.15, 0.2) is 12.1 Å². The highest BCUT2D eigenvalue weighted by Gasteiger charge is 2.28. The van der Waals surface area contributed by atoms with Gasteiger partial charge in [0.15, 0.2) is 0 Å². The first-order chi connectivity index (χ1) is 7.94. The molecule has 0 saturated carbocycles. The molecule has 0 aliphatic carbocycles. The normalized spacial score (nSPS) is 12.7. The molecule has 0 aliphatic rings. The lowest BCUT2D eigenvalue weighted by atomic mass is 9.71. The van der Waals surface area contributed by atoms with Crippen LogP contribution >= 0.6 is 0 Å². The van der Waals surface area contributed by atoms with Crippen molar-refractivity contribution in [1.29, 1.82) is 0 Å². The molecule has 0 heterocycles. The van der Waals surface area contributed by atoms with Gasteiger partial charge in [-0.25, -0.2) is 0 Å². The Balaban J connectivity index is 3.59. The molecular weight excluding hydrogens is 227 g/mol. The number of phenols is 1. The second-order valence-corrected chi connectivity index (χ2v) is 6.84. The molecule has 0 bridgehead atoms. The minimum Gasteiger partial charge on any atom is -0.507 e. The maximum absolute atomic E-state index is 10.4. The molecule has 1 aromatic rings. The van der Waals surface area contributed by atoms with Crippen molar-refractivity contribution in [3.05, 3.63) is 23.3 Å². The van der Waals surface area contributed by atoms with Crippen molar-refractivity contribution in [2.45, 2.75) is 52.4 Å². The van der Waals surface area contributed by atoms with E-state index < -0.39 is 7.12 Å². The van der Waals surface area contributed by atoms with E-state index in [1.807, 2.05) is 41.5 Å². The molecule has 0 aromatic heterocycles. The fraction of sp³-hybridized carbons (Fsp3) is 0.571. The monoisotopic (exact) mass is 250 g/mol. The minimum atomic E-state index is -1.52. The summed E-state index contributed by atoms with van der Waals surface area (Å²) < 4.78 is 0. The van der Waals surface area contributed by atoms with Crippen LogP contribution in [0.4, 0.5) is 0 Å². The van der Waals surface area contributed by atoms with Crippen LogP contribution in [0.2, 0.25) is 0 Å². The lowest BCUT2D eigenvalue weighted by Crippen LogP contribution is -2.33. The number of phenolic OH excluding ortho intramolecular Hbond substituents is 1. The van der Waals surface area contributed by atoms with Crippen molar-refractivity contribution in [2.75, 3.05) is 0 Å². The molecule has 100 valence electrons. The van der Waals surface area contributed by atoms with Gasteiger partial charge < -0.3 is 15.2 Å². The van der Waals surface area contributed by atoms with Crippen molar-refractivity contribution in [2.24, 2.45) is 0 Å². The summed E-state index contributed by atoms with van der Waals surface area (Å²) in [7, 11) is -1.52. The Morgan fingerprint density at radius 1 is 0.833 bits per heavy atom. The molecular formula is C14H23BO3. The fourth-order valence-corrected chi connectivity index (χ4v) is 1.95. The van der Waals surface area contributed by atoms with Crippen molar-refractivity contribution in [1.82, 2.24) is 0 Å². The van der Waals surface area contributed by atoms with Crippen molar-refractivity contribution in [3.8, 4) is 5.75 Å². The second-order valence-electron chi connectivity index (χ2n) is 6.84. The largest absolute Gasteiger partial charge is 0.507 e. The average molecular weight is 250 g/mol. The van der Waals surface area contributed by atoms with Crippen molar-refractivity contribution >= 4 is 12.6 Å². The second kappa shape index (κ2) is 4.59. The summed E-state index contributed by atoms with van der Waals surface area (Å²) in [5, 5.41) is 29.1. The van der Waals surface area contributed by atoms with Crippen LogP contribution < -0.4 is 5.46 Å². The Morgan fingerprint density at radius 2 is 1.17 bits per heavy atom. The summed E-state index contributed by atoms with van der Waals surface area (Å²) in [6.45, 7) is 11.9. The van der Waals surface area contributed by atoms with Gasteiger partial charge in [-0.2, -0.15) is 0 Å². The van der Waals surface area contributed by atoms with E-state index in [4.69, 9.17) is 0 Å². The van der Waals surface area contributed by atoms with E-state index in [0.717, 1.165) is 11.1 Å². The minimum absolute atomic E-state index is 0.249. The first kappa shape index (κ1) is 15.1. The van der Waals surface area contributed by atoms with Crippen LogP contribution in [-0.2, 0) is 10.8 Å². The maximum Gasteiger partial charge on any atom is 0.488 e. The zero-order valence-corrected chi connectivity index (χ0v) is 12.1. The first-order valence-electron chi connectivity index (χ1n) is 6.18. The van der Waals surface area contributed by atoms with Gasteiger partial charge in [-0.05, 0) is 27.4 Å². The van der Waals surface area contributed by atoms with E-state index in [0.29, 0.717) is 5.46 Å². The highest BCUT2D eigenvalue weighted by molar-refractivity contribution is 6.58. The lowest BCUT2D eigenvalue weighted by molar-refractivity contribution is 0.419. The summed E-state index contributed by atoms with van der Waals surface area (Å²) in [5.74, 6) is 0.249. The van der Waals surface area contributed by atoms with Crippen molar-refractivity contribution in [3.63, 3.8) is 0 Å². The molecule has 0 fully saturated rings. The highest BCUT2D eigenvalue weighted by Crippen LogP contribution is 2.37. The van der Waals surface area contributed by atoms with Gasteiger partial charge in [0.25, 0.3) is 0 Å². The first-order valence-corrected chi connectivity index (χ1v) is 6.18. The van der Waals surface area contributed by atoms with Crippen LogP contribution in [0.5, 0.6) is 5.75 Å². The van der Waals surface area contributed by atoms with Gasteiger partial charge in [-0.1, -0.05) is 53.7 Å². The molecule has 0 amide bonds. The molecule has 18 heavy (non-hydrogen) atoms. The number of hydrogen-bond donors (Lipinski definition) is 3. The van der Waals surface area contributed by atoms with Gasteiger partial charge in [0.2, 0.25) is 0 Å². The standard InChI is InChI=1S/C14H23BO3/c1-13(2,3)10-7-9(15(17)18)8-11(12(10)16)14(4,5)6/h7-8,16-18H,1-6H3. The Bertz CT molecular complexity index is 404. The molecule has 0 aliphatic heterocycles. The summed E-state index contributed by atoms with van der Waals surface area (Å²) >= 11 is 0. The summed E-state index contributed by atoms with van der Waals surface area (Å²) in [4.78, 5) is 0. The molecule has 1 aromatic carbocycles. The van der Waals surface area contributed by atoms with Crippen LogP contribution in [-0.4, -0.2) is 22.3 Å². The van der Waals surface area contributed by atoms with Gasteiger partial charge in [0.05, 0.1) is 0 Å². The third-order valence-corrected chi connectivity index (χ3v) is 3.05. The molecule has 0 atom stereocenters. The smallest absolute Gasteiger partial charge is 0.488 e. The third kappa shape index (κ3) is 3.06. The summed E-state index contributed by atoms with van der Waals surface area (Å²) in [5.41, 5.74) is 1.38. The van der Waals surface area contributed by atoms with Gasteiger partial charge in [0.1, 0.15) is 5.75 Å². The molecule has 0 unspecified atom stereocenters. The summed E-state index contributed by atoms with van der Waals surface area (Å²) in [6, 6.07) is 3.32. The molecule has 0 saturated heterocycles. The summed E-state index contributed by atoms with van der Waals surface area (Å²) in [6.07, 6.45) is 0. The number of benzene rings is 1. The zero-order chi connectivity index (χ0) is 14.3. The topological polar surface area (TPSA) is 60.7 Å². The van der Waals surface area contributed by atoms with E-state index in [-0.39, 0.29) is 16.6 Å². The van der Waals surface area contributed by atoms with E-state index in [1.165, 1.54) is 0 Å². The predicted octanol–water partition coefficient (Wildman–Crippen LogP) is 1.67. The van der Waals surface area contributed by atoms with E-state index >= 15 is 0 Å². The number of rotatable bonds is 1.